The van der Waals surface area contributed by atoms with E-state index in [1.54, 1.807) is 5.32 Å². The number of hydrogen-bond donors (Lipinski definition) is 2. The second kappa shape index (κ2) is 12.4. The van der Waals surface area contributed by atoms with Crippen LogP contribution in [0.2, 0.25) is 0 Å². The molecule has 0 saturated carbocycles. The van der Waals surface area contributed by atoms with Crippen LogP contribution in [-0.2, 0) is 28.5 Å². The minimum absolute atomic E-state index is 0.122. The summed E-state index contributed by atoms with van der Waals surface area (Å²) < 4.78 is 118. The molecule has 2 aromatic heterocycles. The van der Waals surface area contributed by atoms with Crippen molar-refractivity contribution in [2.45, 2.75) is 39.1 Å². The smallest absolute Gasteiger partial charge is 0.309 e. The van der Waals surface area contributed by atoms with E-state index >= 15 is 0 Å². The van der Waals surface area contributed by atoms with Crippen LogP contribution in [0, 0.1) is 12.7 Å². The molecule has 1 aromatic carbocycles. The first-order valence-electron chi connectivity index (χ1n) is 16.4. The Morgan fingerprint density at radius 3 is 2.56 bits per heavy atom. The van der Waals surface area contributed by atoms with Gasteiger partial charge in [-0.15, -0.1) is 10.2 Å². The van der Waals surface area contributed by atoms with Crippen LogP contribution in [0.5, 0.6) is 5.75 Å². The molecule has 2 N–H and O–H groups in total. The number of hydrogen-bond acceptors (Lipinski definition) is 10. The fourth-order valence-electron chi connectivity index (χ4n) is 2.87. The maximum Gasteiger partial charge on any atom is 0.309 e. The van der Waals surface area contributed by atoms with E-state index in [9.17, 15) is 23.6 Å². The molecule has 0 radical (unpaired) electrons. The highest BCUT2D eigenvalue weighted by Gasteiger charge is 2.33. The van der Waals surface area contributed by atoms with Gasteiger partial charge in [0.05, 0.1) is 14.9 Å². The first kappa shape index (κ1) is 17.2. The number of ketones is 1. The maximum atomic E-state index is 14.0. The Labute approximate surface area is 238 Å². The fourth-order valence-corrected chi connectivity index (χ4v) is 2.87. The number of ether oxygens (including phenoxy) is 2. The molecule has 13 nitrogen and oxygen atoms in total. The molecule has 0 aliphatic carbocycles. The molecule has 3 rings (SSSR count). The van der Waals surface area contributed by atoms with Crippen molar-refractivity contribution in [3.8, 4) is 5.75 Å². The first-order chi connectivity index (χ1) is 22.9. The molecule has 0 unspecified atom stereocenters. The summed E-state index contributed by atoms with van der Waals surface area (Å²) in [7, 11) is 1.27. The van der Waals surface area contributed by atoms with Crippen LogP contribution in [-0.4, -0.2) is 57.7 Å². The molecule has 0 spiro atoms. The summed E-state index contributed by atoms with van der Waals surface area (Å²) in [5.41, 5.74) is -7.63. The van der Waals surface area contributed by atoms with E-state index in [0.717, 1.165) is 24.3 Å². The topological polar surface area (TPSA) is 168 Å². The van der Waals surface area contributed by atoms with Crippen molar-refractivity contribution in [2.24, 2.45) is 6.98 Å². The first-order valence-corrected chi connectivity index (χ1v) is 10.9. The molecule has 0 aliphatic rings. The highest BCUT2D eigenvalue weighted by atomic mass is 19.1. The van der Waals surface area contributed by atoms with Crippen LogP contribution < -0.4 is 20.9 Å². The zero-order valence-electron chi connectivity index (χ0n) is 31.5. The van der Waals surface area contributed by atoms with Gasteiger partial charge in [0, 0.05) is 46.3 Å². The van der Waals surface area contributed by atoms with Gasteiger partial charge in [0.2, 0.25) is 11.6 Å². The molecule has 0 fully saturated rings. The molecule has 2 heterocycles. The second-order valence-electron chi connectivity index (χ2n) is 7.74. The average Bonchev–Trinajstić information content (AvgIpc) is 3.42. The lowest BCUT2D eigenvalue weighted by Crippen LogP contribution is -2.46. The molecule has 0 bridgehead atoms. The fraction of sp³-hybridized carbons (Fsp3) is 0.400. The summed E-state index contributed by atoms with van der Waals surface area (Å²) in [6, 6.07) is 3.58. The molecule has 39 heavy (non-hydrogen) atoms. The van der Waals surface area contributed by atoms with Gasteiger partial charge in [0.25, 0.3) is 11.5 Å². The summed E-state index contributed by atoms with van der Waals surface area (Å²) in [4.78, 5) is 57.0. The van der Waals surface area contributed by atoms with E-state index in [0.29, 0.717) is 0 Å². The molecular weight excluding hydrogens is 515 g/mol. The number of rotatable bonds is 12. The van der Waals surface area contributed by atoms with E-state index in [1.165, 1.54) is 14.0 Å². The van der Waals surface area contributed by atoms with Gasteiger partial charge in [-0.3, -0.25) is 23.7 Å². The number of aromatic nitrogens is 4. The van der Waals surface area contributed by atoms with Gasteiger partial charge in [0.1, 0.15) is 18.2 Å². The largest absolute Gasteiger partial charge is 0.478 e. The van der Waals surface area contributed by atoms with Crippen LogP contribution in [0.4, 0.5) is 4.39 Å². The number of carbonyl (C=O) groups excluding carboxylic acids is 3. The Morgan fingerprint density at radius 2 is 1.95 bits per heavy atom. The molecular formula is C25H29FN6O7. The summed E-state index contributed by atoms with van der Waals surface area (Å²) in [6.07, 6.45) is -0.299. The van der Waals surface area contributed by atoms with Crippen LogP contribution in [0.15, 0.2) is 33.5 Å². The molecule has 14 heteroatoms. The molecule has 3 aromatic rings. The third-order valence-electron chi connectivity index (χ3n) is 4.74. The van der Waals surface area contributed by atoms with Crippen molar-refractivity contribution in [2.75, 3.05) is 20.3 Å². The van der Waals surface area contributed by atoms with E-state index in [-0.39, 0.29) is 24.5 Å². The van der Waals surface area contributed by atoms with Crippen LogP contribution in [0.25, 0.3) is 0 Å². The SMILES string of the molecule is [2H]C([2H])(NC(=O)c1nc(C(NC(=O)c2nnc(C)o2)(C([2H])([2H])[2H])C([2H])([2H])[2H])n(C([2H])([2H])[2H])c(=O)c1OCC(=O)CCOC)c1ccc(F)cc1. The van der Waals surface area contributed by atoms with E-state index in [2.05, 4.69) is 15.2 Å². The van der Waals surface area contributed by atoms with Crippen molar-refractivity contribution >= 4 is 17.6 Å². The predicted octanol–water partition coefficient (Wildman–Crippen LogP) is 1.19. The molecule has 208 valence electrons. The van der Waals surface area contributed by atoms with E-state index < -0.39 is 96.0 Å². The van der Waals surface area contributed by atoms with Crippen molar-refractivity contribution < 1.29 is 47.7 Å². The molecule has 0 atom stereocenters. The normalized spacial score (nSPS) is 16.7. The number of methoxy groups -OCH3 is 1. The third-order valence-corrected chi connectivity index (χ3v) is 4.74. The van der Waals surface area contributed by atoms with Crippen LogP contribution in [0.3, 0.4) is 0 Å². The number of amides is 2. The molecule has 0 aliphatic heterocycles. The number of Topliss-reactive ketones (excluding diaryl/α,β-unsaturated/α-hetero) is 1. The van der Waals surface area contributed by atoms with Gasteiger partial charge in [-0.2, -0.15) is 0 Å². The third kappa shape index (κ3) is 7.31. The van der Waals surface area contributed by atoms with E-state index in [1.807, 2.05) is 5.32 Å². The Balaban J connectivity index is 2.44. The monoisotopic (exact) mass is 555 g/mol. The maximum absolute atomic E-state index is 14.0. The van der Waals surface area contributed by atoms with Gasteiger partial charge in [-0.05, 0) is 31.4 Å². The summed E-state index contributed by atoms with van der Waals surface area (Å²) in [6.45, 7) is -14.7. The lowest BCUT2D eigenvalue weighted by molar-refractivity contribution is -0.121. The van der Waals surface area contributed by atoms with Crippen molar-refractivity contribution in [3.05, 3.63) is 69.3 Å². The van der Waals surface area contributed by atoms with Crippen LogP contribution in [0.1, 0.15) is 73.7 Å². The Morgan fingerprint density at radius 1 is 1.21 bits per heavy atom. The summed E-state index contributed by atoms with van der Waals surface area (Å²) >= 11 is 0. The number of aryl methyl sites for hydroxylation is 1. The average molecular weight is 556 g/mol. The van der Waals surface area contributed by atoms with Crippen molar-refractivity contribution in [1.82, 2.24) is 30.4 Å². The lowest BCUT2D eigenvalue weighted by atomic mass is 10.0. The Bertz CT molecular complexity index is 1790. The Kier molecular flexibility index (Phi) is 5.46. The zero-order chi connectivity index (χ0) is 38.0. The zero-order valence-corrected chi connectivity index (χ0v) is 20.5. The van der Waals surface area contributed by atoms with Gasteiger partial charge < -0.3 is 24.5 Å². The lowest BCUT2D eigenvalue weighted by Gasteiger charge is -2.27. The quantitative estimate of drug-likeness (QED) is 0.331. The highest BCUT2D eigenvalue weighted by Crippen LogP contribution is 2.21. The standard InChI is InChI=1S/C25H29FN6O7/c1-14-30-31-22(39-14)21(35)29-25(2,3)24-28-18(20(34)27-12-15-6-8-16(26)9-7-15)19(23(36)32(24)4)38-13-17(33)10-11-37-5/h6-9H,10-13H2,1-5H3,(H,27,34)(H,29,35)/i2D3,3D3,4D3,12D2. The van der Waals surface area contributed by atoms with Gasteiger partial charge in [-0.1, -0.05) is 12.1 Å². The van der Waals surface area contributed by atoms with Gasteiger partial charge >= 0.3 is 11.8 Å². The number of nitrogens with one attached hydrogen (secondary N) is 2. The number of benzene rings is 1. The minimum Gasteiger partial charge on any atom is -0.478 e. The number of carbonyl (C=O) groups is 3. The van der Waals surface area contributed by atoms with E-state index in [4.69, 9.17) is 29.0 Å². The van der Waals surface area contributed by atoms with Gasteiger partial charge in [-0.25, -0.2) is 9.37 Å². The van der Waals surface area contributed by atoms with Crippen molar-refractivity contribution in [3.63, 3.8) is 0 Å². The number of nitrogens with zero attached hydrogens (tertiary/aromatic N) is 4. The van der Waals surface area contributed by atoms with Crippen LogP contribution >= 0.6 is 0 Å². The van der Waals surface area contributed by atoms with Gasteiger partial charge in [0.15, 0.2) is 11.5 Å². The Hall–Kier alpha value is -4.46. The van der Waals surface area contributed by atoms with Crippen molar-refractivity contribution in [1.29, 1.82) is 0 Å². The highest BCUT2D eigenvalue weighted by molar-refractivity contribution is 5.95. The predicted molar refractivity (Wildman–Crippen MR) is 134 cm³/mol. The molecule has 2 amide bonds. The second-order valence-corrected chi connectivity index (χ2v) is 7.74. The number of halogens is 1. The minimum atomic E-state index is -4.02. The molecule has 0 saturated heterocycles. The summed E-state index contributed by atoms with van der Waals surface area (Å²) in [5, 5.41) is 10.2. The summed E-state index contributed by atoms with van der Waals surface area (Å²) in [5.74, 6) is -9.23.